The van der Waals surface area contributed by atoms with Crippen LogP contribution in [0.3, 0.4) is 0 Å². The molecule has 1 unspecified atom stereocenters. The predicted molar refractivity (Wildman–Crippen MR) is 74.9 cm³/mol. The largest absolute Gasteiger partial charge is 0.468 e. The average Bonchev–Trinajstić information content (AvgIpc) is 2.94. The third kappa shape index (κ3) is 4.26. The van der Waals surface area contributed by atoms with Crippen molar-refractivity contribution in [2.75, 3.05) is 20.2 Å². The Kier molecular flexibility index (Phi) is 5.27. The zero-order chi connectivity index (χ0) is 15.2. The fourth-order valence-corrected chi connectivity index (χ4v) is 2.46. The van der Waals surface area contributed by atoms with Crippen molar-refractivity contribution in [2.45, 2.75) is 25.4 Å². The van der Waals surface area contributed by atoms with Crippen molar-refractivity contribution >= 4 is 11.9 Å². The van der Waals surface area contributed by atoms with Crippen molar-refractivity contribution < 1.29 is 18.7 Å². The number of ether oxygens (including phenoxy) is 1. The predicted octanol–water partition coefficient (Wildman–Crippen LogP) is 1.08. The number of rotatable bonds is 5. The van der Waals surface area contributed by atoms with Gasteiger partial charge in [0.15, 0.2) is 0 Å². The minimum Gasteiger partial charge on any atom is -0.468 e. The van der Waals surface area contributed by atoms with E-state index in [1.54, 1.807) is 12.1 Å². The molecule has 1 atom stereocenters. The first-order chi connectivity index (χ1) is 10.1. The van der Waals surface area contributed by atoms with Gasteiger partial charge >= 0.3 is 5.97 Å². The molecule has 114 valence electrons. The molecule has 1 aromatic carbocycles. The second-order valence-corrected chi connectivity index (χ2v) is 5.05. The van der Waals surface area contributed by atoms with E-state index >= 15 is 0 Å². The number of nitrogens with zero attached hydrogens (tertiary/aromatic N) is 1. The normalized spacial score (nSPS) is 18.5. The molecule has 1 N–H and O–H groups in total. The van der Waals surface area contributed by atoms with Gasteiger partial charge in [0.2, 0.25) is 5.91 Å². The summed E-state index contributed by atoms with van der Waals surface area (Å²) in [5.41, 5.74) is 0.829. The first-order valence-electron chi connectivity index (χ1n) is 6.93. The van der Waals surface area contributed by atoms with Crippen LogP contribution in [0.1, 0.15) is 18.4 Å². The quantitative estimate of drug-likeness (QED) is 0.826. The van der Waals surface area contributed by atoms with Crippen molar-refractivity contribution in [2.24, 2.45) is 0 Å². The lowest BCUT2D eigenvalue weighted by Crippen LogP contribution is -2.43. The second kappa shape index (κ2) is 7.17. The molecule has 0 bridgehead atoms. The summed E-state index contributed by atoms with van der Waals surface area (Å²) >= 11 is 0. The van der Waals surface area contributed by atoms with E-state index in [2.05, 4.69) is 5.32 Å². The first-order valence-corrected chi connectivity index (χ1v) is 6.93. The fraction of sp³-hybridized carbons (Fsp3) is 0.467. The van der Waals surface area contributed by atoms with Crippen LogP contribution in [0, 0.1) is 5.82 Å². The first kappa shape index (κ1) is 15.4. The van der Waals surface area contributed by atoms with Gasteiger partial charge < -0.3 is 10.1 Å². The van der Waals surface area contributed by atoms with Gasteiger partial charge in [0.05, 0.1) is 13.7 Å². The molecule has 0 aromatic heterocycles. The summed E-state index contributed by atoms with van der Waals surface area (Å²) in [6.07, 6.45) is 1.60. The molecule has 1 aromatic rings. The van der Waals surface area contributed by atoms with E-state index in [1.807, 2.05) is 4.90 Å². The molecule has 0 spiro atoms. The number of benzene rings is 1. The maximum atomic E-state index is 12.8. The Labute approximate surface area is 123 Å². The zero-order valence-electron chi connectivity index (χ0n) is 12.0. The highest BCUT2D eigenvalue weighted by molar-refractivity contribution is 5.80. The van der Waals surface area contributed by atoms with E-state index in [0.29, 0.717) is 13.1 Å². The maximum Gasteiger partial charge on any atom is 0.323 e. The summed E-state index contributed by atoms with van der Waals surface area (Å²) in [6, 6.07) is 5.64. The molecule has 1 saturated heterocycles. The van der Waals surface area contributed by atoms with E-state index in [1.165, 1.54) is 19.2 Å². The molecule has 1 aliphatic heterocycles. The number of esters is 1. The molecule has 2 rings (SSSR count). The van der Waals surface area contributed by atoms with Gasteiger partial charge in [0, 0.05) is 6.54 Å². The van der Waals surface area contributed by atoms with E-state index < -0.39 is 0 Å². The van der Waals surface area contributed by atoms with E-state index in [-0.39, 0.29) is 30.3 Å². The van der Waals surface area contributed by atoms with Crippen molar-refractivity contribution in [1.29, 1.82) is 0 Å². The molecular weight excluding hydrogens is 275 g/mol. The van der Waals surface area contributed by atoms with E-state index in [0.717, 1.165) is 18.4 Å². The van der Waals surface area contributed by atoms with Crippen LogP contribution >= 0.6 is 0 Å². The third-order valence-corrected chi connectivity index (χ3v) is 3.59. The van der Waals surface area contributed by atoms with Crippen LogP contribution in [-0.4, -0.2) is 43.0 Å². The van der Waals surface area contributed by atoms with Gasteiger partial charge in [0.25, 0.3) is 0 Å². The summed E-state index contributed by atoms with van der Waals surface area (Å²) in [5, 5.41) is 2.77. The highest BCUT2D eigenvalue weighted by Gasteiger charge is 2.32. The van der Waals surface area contributed by atoms with Crippen LogP contribution in [0.25, 0.3) is 0 Å². The SMILES string of the molecule is COC(=O)C1CCCN1CC(=O)NCc1ccc(F)cc1. The molecule has 1 heterocycles. The standard InChI is InChI=1S/C15H19FN2O3/c1-21-15(20)13-3-2-8-18(13)10-14(19)17-9-11-4-6-12(16)7-5-11/h4-7,13H,2-3,8-10H2,1H3,(H,17,19). The number of carbonyl (C=O) groups excluding carboxylic acids is 2. The summed E-state index contributed by atoms with van der Waals surface area (Å²) < 4.78 is 17.5. The number of nitrogens with one attached hydrogen (secondary N) is 1. The van der Waals surface area contributed by atoms with Crippen LogP contribution in [0.2, 0.25) is 0 Å². The summed E-state index contributed by atoms with van der Waals surface area (Å²) in [4.78, 5) is 25.3. The highest BCUT2D eigenvalue weighted by Crippen LogP contribution is 2.17. The van der Waals surface area contributed by atoms with Gasteiger partial charge in [-0.15, -0.1) is 0 Å². The third-order valence-electron chi connectivity index (χ3n) is 3.59. The Morgan fingerprint density at radius 1 is 1.38 bits per heavy atom. The van der Waals surface area contributed by atoms with Crippen LogP contribution in [0.4, 0.5) is 4.39 Å². The molecule has 0 aliphatic carbocycles. The number of hydrogen-bond donors (Lipinski definition) is 1. The Morgan fingerprint density at radius 2 is 2.10 bits per heavy atom. The molecule has 21 heavy (non-hydrogen) atoms. The minimum absolute atomic E-state index is 0.157. The second-order valence-electron chi connectivity index (χ2n) is 5.05. The van der Waals surface area contributed by atoms with E-state index in [4.69, 9.17) is 4.74 Å². The molecule has 5 nitrogen and oxygen atoms in total. The highest BCUT2D eigenvalue weighted by atomic mass is 19.1. The average molecular weight is 294 g/mol. The number of methoxy groups -OCH3 is 1. The lowest BCUT2D eigenvalue weighted by Gasteiger charge is -2.21. The van der Waals surface area contributed by atoms with Gasteiger partial charge in [-0.05, 0) is 37.1 Å². The minimum atomic E-state index is -0.327. The molecule has 1 fully saturated rings. The summed E-state index contributed by atoms with van der Waals surface area (Å²) in [7, 11) is 1.35. The molecular formula is C15H19FN2O3. The zero-order valence-corrected chi connectivity index (χ0v) is 12.0. The van der Waals surface area contributed by atoms with E-state index in [9.17, 15) is 14.0 Å². The molecule has 1 aliphatic rings. The number of amides is 1. The maximum absolute atomic E-state index is 12.8. The molecule has 1 amide bonds. The van der Waals surface area contributed by atoms with Gasteiger partial charge in [0.1, 0.15) is 11.9 Å². The fourth-order valence-electron chi connectivity index (χ4n) is 2.46. The monoisotopic (exact) mass is 294 g/mol. The van der Waals surface area contributed by atoms with Crippen LogP contribution in [-0.2, 0) is 20.9 Å². The molecule has 0 radical (unpaired) electrons. The number of likely N-dealkylation sites (tertiary alicyclic amines) is 1. The lowest BCUT2D eigenvalue weighted by molar-refractivity contribution is -0.146. The molecule has 6 heteroatoms. The smallest absolute Gasteiger partial charge is 0.323 e. The van der Waals surface area contributed by atoms with Gasteiger partial charge in [-0.25, -0.2) is 4.39 Å². The Morgan fingerprint density at radius 3 is 2.76 bits per heavy atom. The van der Waals surface area contributed by atoms with Crippen LogP contribution < -0.4 is 5.32 Å². The van der Waals surface area contributed by atoms with Gasteiger partial charge in [-0.1, -0.05) is 12.1 Å². The Bertz CT molecular complexity index is 504. The van der Waals surface area contributed by atoms with Gasteiger partial charge in [-0.3, -0.25) is 14.5 Å². The topological polar surface area (TPSA) is 58.6 Å². The van der Waals surface area contributed by atoms with Crippen molar-refractivity contribution in [3.05, 3.63) is 35.6 Å². The van der Waals surface area contributed by atoms with Crippen molar-refractivity contribution in [1.82, 2.24) is 10.2 Å². The summed E-state index contributed by atoms with van der Waals surface area (Å²) in [5.74, 6) is -0.753. The van der Waals surface area contributed by atoms with Crippen molar-refractivity contribution in [3.8, 4) is 0 Å². The van der Waals surface area contributed by atoms with Crippen molar-refractivity contribution in [3.63, 3.8) is 0 Å². The van der Waals surface area contributed by atoms with Gasteiger partial charge in [-0.2, -0.15) is 0 Å². The Hall–Kier alpha value is -1.95. The molecule has 0 saturated carbocycles. The van der Waals surface area contributed by atoms with Crippen LogP contribution in [0.15, 0.2) is 24.3 Å². The number of hydrogen-bond acceptors (Lipinski definition) is 4. The summed E-state index contributed by atoms with van der Waals surface area (Å²) in [6.45, 7) is 1.22. The number of carbonyl (C=O) groups is 2. The number of halogens is 1. The lowest BCUT2D eigenvalue weighted by atomic mass is 10.2. The Balaban J connectivity index is 1.81. The van der Waals surface area contributed by atoms with Crippen LogP contribution in [0.5, 0.6) is 0 Å².